The number of hydrogen-bond acceptors (Lipinski definition) is 6. The van der Waals surface area contributed by atoms with Crippen molar-refractivity contribution in [2.45, 2.75) is 25.8 Å². The predicted molar refractivity (Wildman–Crippen MR) is 91.3 cm³/mol. The number of ether oxygens (including phenoxy) is 2. The molecule has 1 aromatic carbocycles. The van der Waals surface area contributed by atoms with Crippen LogP contribution in [0.15, 0.2) is 30.5 Å². The fraction of sp³-hybridized carbons (Fsp3) is 0.353. The Hall–Kier alpha value is -2.41. The molecule has 0 spiro atoms. The standard InChI is InChI=1S/C17H20N2O4S/c1-11(16-18-10-14(24-16)17(21)23-3)19-15(20)9-8-12-6-4-5-7-13(12)22-2/h4-7,10-11H,8-9H2,1-3H3,(H,19,20)/t11-/m1/s1. The molecular weight excluding hydrogens is 328 g/mol. The summed E-state index contributed by atoms with van der Waals surface area (Å²) in [6.07, 6.45) is 2.40. The molecule has 1 atom stereocenters. The maximum atomic E-state index is 12.1. The van der Waals surface area contributed by atoms with Crippen molar-refractivity contribution in [1.29, 1.82) is 0 Å². The van der Waals surface area contributed by atoms with E-state index in [-0.39, 0.29) is 11.9 Å². The molecule has 0 bridgehead atoms. The summed E-state index contributed by atoms with van der Waals surface area (Å²) in [5, 5.41) is 3.56. The van der Waals surface area contributed by atoms with Crippen LogP contribution in [-0.4, -0.2) is 31.1 Å². The van der Waals surface area contributed by atoms with Crippen molar-refractivity contribution in [2.75, 3.05) is 14.2 Å². The molecule has 0 unspecified atom stereocenters. The van der Waals surface area contributed by atoms with Gasteiger partial charge in [-0.25, -0.2) is 9.78 Å². The summed E-state index contributed by atoms with van der Waals surface area (Å²) in [5.41, 5.74) is 0.991. The van der Waals surface area contributed by atoms with Crippen LogP contribution in [0.4, 0.5) is 0 Å². The Morgan fingerprint density at radius 2 is 2.04 bits per heavy atom. The fourth-order valence-electron chi connectivity index (χ4n) is 2.22. The lowest BCUT2D eigenvalue weighted by Gasteiger charge is -2.12. The van der Waals surface area contributed by atoms with E-state index in [4.69, 9.17) is 4.74 Å². The molecule has 0 aliphatic heterocycles. The number of nitrogens with zero attached hydrogens (tertiary/aromatic N) is 1. The first-order valence-electron chi connectivity index (χ1n) is 7.50. The summed E-state index contributed by atoms with van der Waals surface area (Å²) >= 11 is 1.22. The van der Waals surface area contributed by atoms with Gasteiger partial charge in [0.15, 0.2) is 0 Å². The highest BCUT2D eigenvalue weighted by Gasteiger charge is 2.17. The van der Waals surface area contributed by atoms with Crippen molar-refractivity contribution in [3.63, 3.8) is 0 Å². The highest BCUT2D eigenvalue weighted by molar-refractivity contribution is 7.13. The second-order valence-electron chi connectivity index (χ2n) is 5.16. The minimum Gasteiger partial charge on any atom is -0.496 e. The summed E-state index contributed by atoms with van der Waals surface area (Å²) < 4.78 is 9.93. The van der Waals surface area contributed by atoms with E-state index in [2.05, 4.69) is 15.0 Å². The molecule has 0 aliphatic rings. The van der Waals surface area contributed by atoms with Gasteiger partial charge in [0, 0.05) is 6.42 Å². The molecule has 7 heteroatoms. The summed E-state index contributed by atoms with van der Waals surface area (Å²) in [6, 6.07) is 7.37. The number of amides is 1. The van der Waals surface area contributed by atoms with Gasteiger partial charge in [0.1, 0.15) is 15.6 Å². The monoisotopic (exact) mass is 348 g/mol. The first-order chi connectivity index (χ1) is 11.5. The van der Waals surface area contributed by atoms with E-state index in [1.165, 1.54) is 24.6 Å². The van der Waals surface area contributed by atoms with Gasteiger partial charge >= 0.3 is 5.97 Å². The molecule has 0 saturated carbocycles. The van der Waals surface area contributed by atoms with Gasteiger partial charge in [-0.15, -0.1) is 11.3 Å². The molecule has 0 fully saturated rings. The first kappa shape index (κ1) is 17.9. The number of methoxy groups -OCH3 is 2. The summed E-state index contributed by atoms with van der Waals surface area (Å²) in [4.78, 5) is 28.2. The van der Waals surface area contributed by atoms with Gasteiger partial charge in [-0.1, -0.05) is 18.2 Å². The Morgan fingerprint density at radius 1 is 1.29 bits per heavy atom. The van der Waals surface area contributed by atoms with Gasteiger partial charge in [-0.05, 0) is 25.0 Å². The number of hydrogen-bond donors (Lipinski definition) is 1. The zero-order valence-corrected chi connectivity index (χ0v) is 14.7. The van der Waals surface area contributed by atoms with Crippen molar-refractivity contribution in [1.82, 2.24) is 10.3 Å². The van der Waals surface area contributed by atoms with Crippen LogP contribution < -0.4 is 10.1 Å². The Kier molecular flexibility index (Phi) is 6.31. The van der Waals surface area contributed by atoms with Crippen LogP contribution in [0.25, 0.3) is 0 Å². The SMILES string of the molecule is COC(=O)c1cnc([C@@H](C)NC(=O)CCc2ccccc2OC)s1. The van der Waals surface area contributed by atoms with E-state index in [1.54, 1.807) is 7.11 Å². The van der Waals surface area contributed by atoms with E-state index in [9.17, 15) is 9.59 Å². The zero-order valence-electron chi connectivity index (χ0n) is 13.9. The number of esters is 1. The highest BCUT2D eigenvalue weighted by atomic mass is 32.1. The Labute approximate surface area is 144 Å². The van der Waals surface area contributed by atoms with E-state index in [1.807, 2.05) is 31.2 Å². The third kappa shape index (κ3) is 4.55. The zero-order chi connectivity index (χ0) is 17.5. The lowest BCUT2D eigenvalue weighted by atomic mass is 10.1. The maximum absolute atomic E-state index is 12.1. The van der Waals surface area contributed by atoms with Gasteiger partial charge in [0.2, 0.25) is 5.91 Å². The van der Waals surface area contributed by atoms with Gasteiger partial charge < -0.3 is 14.8 Å². The quantitative estimate of drug-likeness (QED) is 0.779. The third-order valence-electron chi connectivity index (χ3n) is 3.47. The molecule has 0 saturated heterocycles. The predicted octanol–water partition coefficient (Wildman–Crippen LogP) is 2.75. The van der Waals surface area contributed by atoms with Crippen molar-refractivity contribution in [3.05, 3.63) is 45.9 Å². The number of rotatable bonds is 7. The van der Waals surface area contributed by atoms with Crippen molar-refractivity contribution in [2.24, 2.45) is 0 Å². The van der Waals surface area contributed by atoms with E-state index < -0.39 is 5.97 Å². The number of aryl methyl sites for hydroxylation is 1. The average molecular weight is 348 g/mol. The Balaban J connectivity index is 1.89. The number of carbonyl (C=O) groups is 2. The molecule has 0 radical (unpaired) electrons. The smallest absolute Gasteiger partial charge is 0.349 e. The average Bonchev–Trinajstić information content (AvgIpc) is 3.09. The van der Waals surface area contributed by atoms with Crippen LogP contribution in [0, 0.1) is 0 Å². The van der Waals surface area contributed by atoms with E-state index in [0.29, 0.717) is 22.7 Å². The number of aromatic nitrogens is 1. The number of carbonyl (C=O) groups excluding carboxylic acids is 2. The summed E-state index contributed by atoms with van der Waals surface area (Å²) in [6.45, 7) is 1.83. The van der Waals surface area contributed by atoms with Crippen LogP contribution in [0.1, 0.15) is 39.6 Å². The normalized spacial score (nSPS) is 11.6. The largest absolute Gasteiger partial charge is 0.496 e. The van der Waals surface area contributed by atoms with Gasteiger partial charge in [-0.2, -0.15) is 0 Å². The highest BCUT2D eigenvalue weighted by Crippen LogP contribution is 2.21. The van der Waals surface area contributed by atoms with Crippen molar-refractivity contribution in [3.8, 4) is 5.75 Å². The van der Waals surface area contributed by atoms with E-state index >= 15 is 0 Å². The first-order valence-corrected chi connectivity index (χ1v) is 8.32. The van der Waals surface area contributed by atoms with Crippen LogP contribution >= 0.6 is 11.3 Å². The molecule has 1 N–H and O–H groups in total. The third-order valence-corrected chi connectivity index (χ3v) is 4.63. The lowest BCUT2D eigenvalue weighted by molar-refractivity contribution is -0.121. The lowest BCUT2D eigenvalue weighted by Crippen LogP contribution is -2.26. The second-order valence-corrected chi connectivity index (χ2v) is 6.22. The van der Waals surface area contributed by atoms with Crippen LogP contribution in [0.2, 0.25) is 0 Å². The molecule has 2 aromatic rings. The molecule has 2 rings (SSSR count). The van der Waals surface area contributed by atoms with Crippen LogP contribution in [0.3, 0.4) is 0 Å². The van der Waals surface area contributed by atoms with E-state index in [0.717, 1.165) is 11.3 Å². The van der Waals surface area contributed by atoms with Crippen molar-refractivity contribution < 1.29 is 19.1 Å². The number of thiazole rings is 1. The van der Waals surface area contributed by atoms with Crippen LogP contribution in [0.5, 0.6) is 5.75 Å². The van der Waals surface area contributed by atoms with Crippen LogP contribution in [-0.2, 0) is 16.0 Å². The molecule has 1 amide bonds. The minimum atomic E-state index is -0.423. The van der Waals surface area contributed by atoms with Gasteiger partial charge in [0.25, 0.3) is 0 Å². The van der Waals surface area contributed by atoms with Gasteiger partial charge in [0.05, 0.1) is 26.5 Å². The van der Waals surface area contributed by atoms with Gasteiger partial charge in [-0.3, -0.25) is 4.79 Å². The molecule has 1 heterocycles. The Bertz CT molecular complexity index is 714. The molecule has 6 nitrogen and oxygen atoms in total. The number of para-hydroxylation sites is 1. The summed E-state index contributed by atoms with van der Waals surface area (Å²) in [7, 11) is 2.94. The minimum absolute atomic E-state index is 0.0803. The summed E-state index contributed by atoms with van der Waals surface area (Å²) in [5.74, 6) is 0.276. The van der Waals surface area contributed by atoms with Crippen molar-refractivity contribution >= 4 is 23.2 Å². The topological polar surface area (TPSA) is 77.5 Å². The molecule has 24 heavy (non-hydrogen) atoms. The molecular formula is C17H20N2O4S. The fourth-order valence-corrected chi connectivity index (χ4v) is 3.05. The number of nitrogens with one attached hydrogen (secondary N) is 1. The molecule has 128 valence electrons. The second kappa shape index (κ2) is 8.44. The molecule has 1 aromatic heterocycles. The number of benzene rings is 1. The Morgan fingerprint density at radius 3 is 2.75 bits per heavy atom. The maximum Gasteiger partial charge on any atom is 0.349 e. The molecule has 0 aliphatic carbocycles.